The van der Waals surface area contributed by atoms with Crippen LogP contribution < -0.4 is 0 Å². The number of hydrogen-bond acceptors (Lipinski definition) is 1. The van der Waals surface area contributed by atoms with Crippen molar-refractivity contribution in [3.63, 3.8) is 0 Å². The highest BCUT2D eigenvalue weighted by atomic mass is 35.5. The van der Waals surface area contributed by atoms with Crippen molar-refractivity contribution in [2.45, 2.75) is 0 Å². The topological polar surface area (TPSA) is 17.1 Å². The van der Waals surface area contributed by atoms with E-state index in [9.17, 15) is 9.18 Å². The molecule has 2 rings (SSSR count). The highest BCUT2D eigenvalue weighted by molar-refractivity contribution is 6.68. The SMILES string of the molecule is O=C(Cl)c1cccc(F)c1-c1c(Cl)c(Cl)c(Cl)c(Cl)c1Cl. The molecule has 21 heavy (non-hydrogen) atoms. The van der Waals surface area contributed by atoms with Crippen LogP contribution >= 0.6 is 69.6 Å². The Morgan fingerprint density at radius 3 is 1.76 bits per heavy atom. The molecule has 2 aromatic rings. The Bertz CT molecular complexity index is 730. The van der Waals surface area contributed by atoms with Gasteiger partial charge < -0.3 is 0 Å². The van der Waals surface area contributed by atoms with Crippen LogP contribution in [0, 0.1) is 5.82 Å². The van der Waals surface area contributed by atoms with Crippen LogP contribution in [-0.2, 0) is 0 Å². The predicted molar refractivity (Wildman–Crippen MR) is 87.1 cm³/mol. The Hall–Kier alpha value is -0.220. The van der Waals surface area contributed by atoms with Gasteiger partial charge in [-0.3, -0.25) is 4.79 Å². The van der Waals surface area contributed by atoms with E-state index in [0.29, 0.717) is 0 Å². The summed E-state index contributed by atoms with van der Waals surface area (Å²) in [5, 5.41) is -1.38. The van der Waals surface area contributed by atoms with Crippen LogP contribution in [-0.4, -0.2) is 5.24 Å². The van der Waals surface area contributed by atoms with Gasteiger partial charge in [-0.25, -0.2) is 4.39 Å². The molecule has 0 heterocycles. The van der Waals surface area contributed by atoms with Crippen LogP contribution in [0.25, 0.3) is 11.1 Å². The van der Waals surface area contributed by atoms with E-state index in [-0.39, 0.29) is 41.8 Å². The molecule has 0 aliphatic rings. The maximum absolute atomic E-state index is 14.2. The van der Waals surface area contributed by atoms with Crippen LogP contribution in [0.3, 0.4) is 0 Å². The normalized spacial score (nSPS) is 10.8. The fourth-order valence-corrected chi connectivity index (χ4v) is 3.25. The molecule has 0 aliphatic heterocycles. The molecule has 1 nitrogen and oxygen atoms in total. The molecule has 0 bridgehead atoms. The van der Waals surface area contributed by atoms with Gasteiger partial charge in [0.2, 0.25) is 0 Å². The van der Waals surface area contributed by atoms with E-state index >= 15 is 0 Å². The second kappa shape index (κ2) is 6.49. The molecular weight excluding hydrogens is 404 g/mol. The van der Waals surface area contributed by atoms with E-state index < -0.39 is 11.1 Å². The largest absolute Gasteiger partial charge is 0.276 e. The van der Waals surface area contributed by atoms with Crippen molar-refractivity contribution in [1.82, 2.24) is 0 Å². The highest BCUT2D eigenvalue weighted by Gasteiger charge is 2.25. The summed E-state index contributed by atoms with van der Waals surface area (Å²) in [5.74, 6) is -0.750. The van der Waals surface area contributed by atoms with Crippen LogP contribution in [0.4, 0.5) is 4.39 Å². The lowest BCUT2D eigenvalue weighted by atomic mass is 9.99. The summed E-state index contributed by atoms with van der Waals surface area (Å²) in [6.07, 6.45) is 0. The summed E-state index contributed by atoms with van der Waals surface area (Å²) in [5.41, 5.74) is -0.345. The molecule has 8 heteroatoms. The number of rotatable bonds is 2. The average Bonchev–Trinajstić information content (AvgIpc) is 2.44. The first-order valence-electron chi connectivity index (χ1n) is 5.27. The van der Waals surface area contributed by atoms with Crippen LogP contribution in [0.5, 0.6) is 0 Å². The fourth-order valence-electron chi connectivity index (χ4n) is 1.77. The van der Waals surface area contributed by atoms with Gasteiger partial charge in [0.25, 0.3) is 5.24 Å². The van der Waals surface area contributed by atoms with Gasteiger partial charge in [0.15, 0.2) is 0 Å². The number of halogens is 7. The minimum atomic E-state index is -0.876. The van der Waals surface area contributed by atoms with E-state index in [4.69, 9.17) is 69.6 Å². The van der Waals surface area contributed by atoms with Crippen molar-refractivity contribution in [2.24, 2.45) is 0 Å². The zero-order valence-electron chi connectivity index (χ0n) is 9.79. The Kier molecular flexibility index (Phi) is 5.30. The van der Waals surface area contributed by atoms with E-state index in [1.54, 1.807) is 0 Å². The minimum Gasteiger partial charge on any atom is -0.276 e. The molecule has 0 aliphatic carbocycles. The fraction of sp³-hybridized carbons (Fsp3) is 0. The second-order valence-electron chi connectivity index (χ2n) is 3.88. The molecule has 0 spiro atoms. The highest BCUT2D eigenvalue weighted by Crippen LogP contribution is 2.49. The van der Waals surface area contributed by atoms with Gasteiger partial charge in [0.05, 0.1) is 25.1 Å². The molecule has 0 radical (unpaired) electrons. The van der Waals surface area contributed by atoms with Gasteiger partial charge in [0, 0.05) is 16.7 Å². The van der Waals surface area contributed by atoms with Crippen molar-refractivity contribution in [3.05, 3.63) is 54.7 Å². The van der Waals surface area contributed by atoms with Crippen LogP contribution in [0.1, 0.15) is 10.4 Å². The van der Waals surface area contributed by atoms with Crippen molar-refractivity contribution in [1.29, 1.82) is 0 Å². The maximum atomic E-state index is 14.2. The average molecular weight is 407 g/mol. The van der Waals surface area contributed by atoms with Gasteiger partial charge >= 0.3 is 0 Å². The van der Waals surface area contributed by atoms with Crippen molar-refractivity contribution >= 4 is 74.8 Å². The lowest BCUT2D eigenvalue weighted by Crippen LogP contribution is -1.99. The lowest BCUT2D eigenvalue weighted by molar-refractivity contribution is 0.108. The van der Waals surface area contributed by atoms with E-state index in [1.807, 2.05) is 0 Å². The molecule has 0 atom stereocenters. The molecule has 0 N–H and O–H groups in total. The van der Waals surface area contributed by atoms with Crippen LogP contribution in [0.15, 0.2) is 18.2 Å². The smallest absolute Gasteiger partial charge is 0.253 e. The first-order chi connectivity index (χ1) is 9.77. The molecular formula is C13H3Cl6FO. The Labute approximate surface area is 149 Å². The molecule has 0 unspecified atom stereocenters. The van der Waals surface area contributed by atoms with Gasteiger partial charge in [-0.2, -0.15) is 0 Å². The summed E-state index contributed by atoms with van der Waals surface area (Å²) in [6.45, 7) is 0. The standard InChI is InChI=1S/C13H3Cl6FO/c14-8-7(9(15)11(17)12(18)10(8)16)6-4(13(19)21)2-1-3-5(6)20/h1-3H. The number of carbonyl (C=O) groups excluding carboxylic acids is 1. The van der Waals surface area contributed by atoms with Crippen LogP contribution in [0.2, 0.25) is 25.1 Å². The molecule has 0 saturated carbocycles. The zero-order valence-corrected chi connectivity index (χ0v) is 14.3. The lowest BCUT2D eigenvalue weighted by Gasteiger charge is -2.15. The van der Waals surface area contributed by atoms with E-state index in [0.717, 1.165) is 6.07 Å². The van der Waals surface area contributed by atoms with Crippen molar-refractivity contribution < 1.29 is 9.18 Å². The predicted octanol–water partition coefficient (Wildman–Crippen LogP) is 7.14. The second-order valence-corrected chi connectivity index (χ2v) is 6.11. The summed E-state index contributed by atoms with van der Waals surface area (Å²) in [4.78, 5) is 11.5. The van der Waals surface area contributed by atoms with Crippen molar-refractivity contribution in [3.8, 4) is 11.1 Å². The van der Waals surface area contributed by atoms with Gasteiger partial charge in [0.1, 0.15) is 5.82 Å². The van der Waals surface area contributed by atoms with E-state index in [1.165, 1.54) is 12.1 Å². The number of hydrogen-bond donors (Lipinski definition) is 0. The molecule has 0 amide bonds. The van der Waals surface area contributed by atoms with Crippen molar-refractivity contribution in [2.75, 3.05) is 0 Å². The third-order valence-corrected chi connectivity index (χ3v) is 5.17. The molecule has 0 aromatic heterocycles. The number of benzene rings is 2. The Morgan fingerprint density at radius 2 is 1.29 bits per heavy atom. The number of carbonyl (C=O) groups is 1. The Morgan fingerprint density at radius 1 is 0.810 bits per heavy atom. The van der Waals surface area contributed by atoms with Gasteiger partial charge in [-0.15, -0.1) is 0 Å². The summed E-state index contributed by atoms with van der Waals surface area (Å²) < 4.78 is 14.2. The third kappa shape index (κ3) is 2.98. The summed E-state index contributed by atoms with van der Waals surface area (Å²) >= 11 is 35.4. The minimum absolute atomic E-state index is 0.0418. The molecule has 0 saturated heterocycles. The summed E-state index contributed by atoms with van der Waals surface area (Å²) in [7, 11) is 0. The van der Waals surface area contributed by atoms with Gasteiger partial charge in [-0.1, -0.05) is 64.1 Å². The first kappa shape index (κ1) is 17.1. The third-order valence-electron chi connectivity index (χ3n) is 2.69. The molecule has 2 aromatic carbocycles. The first-order valence-corrected chi connectivity index (χ1v) is 7.54. The summed E-state index contributed by atoms with van der Waals surface area (Å²) in [6, 6.07) is 3.79. The maximum Gasteiger partial charge on any atom is 0.253 e. The monoisotopic (exact) mass is 404 g/mol. The molecule has 0 fully saturated rings. The van der Waals surface area contributed by atoms with Gasteiger partial charge in [-0.05, 0) is 23.7 Å². The van der Waals surface area contributed by atoms with E-state index in [2.05, 4.69) is 0 Å². The Balaban J connectivity index is 2.96. The molecule has 110 valence electrons. The quantitative estimate of drug-likeness (QED) is 0.294. The zero-order chi connectivity index (χ0) is 15.9.